The van der Waals surface area contributed by atoms with Gasteiger partial charge in [-0.15, -0.1) is 0 Å². The summed E-state index contributed by atoms with van der Waals surface area (Å²) < 4.78 is 35.3. The number of rotatable bonds is 11. The lowest BCUT2D eigenvalue weighted by Crippen LogP contribution is -2.23. The Kier molecular flexibility index (Phi) is 8.61. The summed E-state index contributed by atoms with van der Waals surface area (Å²) in [5, 5.41) is 0.390. The van der Waals surface area contributed by atoms with Crippen LogP contribution in [0.25, 0.3) is 0 Å². The van der Waals surface area contributed by atoms with Crippen molar-refractivity contribution in [2.75, 3.05) is 0 Å². The number of alkyl halides is 2. The van der Waals surface area contributed by atoms with Crippen molar-refractivity contribution in [1.29, 1.82) is 0 Å². The van der Waals surface area contributed by atoms with E-state index in [4.69, 9.17) is 16.3 Å². The number of allylic oxidation sites excluding steroid dienone is 2. The maximum atomic E-state index is 12.5. The van der Waals surface area contributed by atoms with Gasteiger partial charge in [0.1, 0.15) is 23.5 Å². The van der Waals surface area contributed by atoms with Crippen LogP contribution in [0.5, 0.6) is 17.2 Å². The van der Waals surface area contributed by atoms with Crippen molar-refractivity contribution in [3.8, 4) is 17.2 Å². The van der Waals surface area contributed by atoms with Gasteiger partial charge in [-0.2, -0.15) is 8.78 Å². The monoisotopic (exact) mass is 470 g/mol. The first-order chi connectivity index (χ1) is 15.9. The zero-order valence-electron chi connectivity index (χ0n) is 18.2. The van der Waals surface area contributed by atoms with E-state index < -0.39 is 12.0 Å². The molecule has 33 heavy (non-hydrogen) atoms. The summed E-state index contributed by atoms with van der Waals surface area (Å²) >= 11 is 6.50. The van der Waals surface area contributed by atoms with Crippen LogP contribution >= 0.6 is 11.6 Å². The van der Waals surface area contributed by atoms with Gasteiger partial charge in [-0.25, -0.2) is 0 Å². The van der Waals surface area contributed by atoms with Crippen LogP contribution in [-0.2, 0) is 16.6 Å². The smallest absolute Gasteiger partial charge is 0.387 e. The maximum Gasteiger partial charge on any atom is 0.387 e. The Morgan fingerprint density at radius 3 is 2.33 bits per heavy atom. The van der Waals surface area contributed by atoms with Gasteiger partial charge in [-0.1, -0.05) is 61.0 Å². The highest BCUT2D eigenvalue weighted by Crippen LogP contribution is 2.39. The van der Waals surface area contributed by atoms with Crippen LogP contribution in [0.2, 0.25) is 0 Å². The highest BCUT2D eigenvalue weighted by Gasteiger charge is 2.30. The van der Waals surface area contributed by atoms with Gasteiger partial charge >= 0.3 is 6.61 Å². The van der Waals surface area contributed by atoms with E-state index >= 15 is 0 Å². The molecule has 172 valence electrons. The molecular formula is C27H25ClF2O3. The molecule has 3 aromatic carbocycles. The minimum absolute atomic E-state index is 0.0711. The third kappa shape index (κ3) is 6.90. The molecular weight excluding hydrogens is 446 g/mol. The SMILES string of the molecule is CC(CCCc1cccc(Oc2ccccc2)c1)(C(Cl)=CC=O)c1ccc(OC(F)F)cc1. The predicted octanol–water partition coefficient (Wildman–Crippen LogP) is 7.68. The molecule has 0 aliphatic rings. The second-order valence-electron chi connectivity index (χ2n) is 7.80. The van der Waals surface area contributed by atoms with E-state index in [1.807, 2.05) is 61.5 Å². The molecule has 0 aliphatic carbocycles. The summed E-state index contributed by atoms with van der Waals surface area (Å²) in [4.78, 5) is 11.1. The number of carbonyl (C=O) groups excluding carboxylic acids is 1. The van der Waals surface area contributed by atoms with Crippen molar-refractivity contribution in [1.82, 2.24) is 0 Å². The summed E-state index contributed by atoms with van der Waals surface area (Å²) in [6.45, 7) is -0.949. The quantitative estimate of drug-likeness (QED) is 0.213. The van der Waals surface area contributed by atoms with Crippen molar-refractivity contribution in [3.63, 3.8) is 0 Å². The van der Waals surface area contributed by atoms with Gasteiger partial charge in [0.25, 0.3) is 0 Å². The molecule has 0 fully saturated rings. The molecule has 6 heteroatoms. The molecule has 0 spiro atoms. The highest BCUT2D eigenvalue weighted by molar-refractivity contribution is 6.31. The van der Waals surface area contributed by atoms with Crippen LogP contribution < -0.4 is 9.47 Å². The van der Waals surface area contributed by atoms with Crippen molar-refractivity contribution in [2.45, 2.75) is 38.2 Å². The van der Waals surface area contributed by atoms with Crippen LogP contribution in [0.15, 0.2) is 90.0 Å². The summed E-state index contributed by atoms with van der Waals surface area (Å²) in [6.07, 6.45) is 4.19. The minimum atomic E-state index is -2.89. The fourth-order valence-electron chi connectivity index (χ4n) is 3.68. The van der Waals surface area contributed by atoms with Crippen molar-refractivity contribution < 1.29 is 23.0 Å². The molecule has 1 unspecified atom stereocenters. The van der Waals surface area contributed by atoms with E-state index in [1.165, 1.54) is 18.2 Å². The number of hydrogen-bond donors (Lipinski definition) is 0. The molecule has 0 heterocycles. The van der Waals surface area contributed by atoms with Gasteiger partial charge in [-0.3, -0.25) is 4.79 Å². The number of hydrogen-bond acceptors (Lipinski definition) is 3. The van der Waals surface area contributed by atoms with E-state index in [1.54, 1.807) is 12.1 Å². The number of ether oxygens (including phenoxy) is 2. The minimum Gasteiger partial charge on any atom is -0.457 e. The van der Waals surface area contributed by atoms with Crippen LogP contribution in [0, 0.1) is 0 Å². The number of halogens is 3. The van der Waals surface area contributed by atoms with E-state index in [0.717, 1.165) is 35.5 Å². The predicted molar refractivity (Wildman–Crippen MR) is 126 cm³/mol. The molecule has 0 bridgehead atoms. The number of aryl methyl sites for hydroxylation is 1. The van der Waals surface area contributed by atoms with Gasteiger partial charge in [0, 0.05) is 10.4 Å². The van der Waals surface area contributed by atoms with E-state index in [0.29, 0.717) is 17.7 Å². The van der Waals surface area contributed by atoms with Gasteiger partial charge in [-0.05, 0) is 72.9 Å². The number of para-hydroxylation sites is 1. The summed E-state index contributed by atoms with van der Waals surface area (Å²) in [5.41, 5.74) is 1.28. The average Bonchev–Trinajstić information content (AvgIpc) is 2.80. The molecule has 3 aromatic rings. The second-order valence-corrected chi connectivity index (χ2v) is 8.21. The molecule has 3 nitrogen and oxygen atoms in total. The van der Waals surface area contributed by atoms with Gasteiger partial charge < -0.3 is 9.47 Å². The zero-order chi connectivity index (χ0) is 23.7. The lowest BCUT2D eigenvalue weighted by atomic mass is 9.77. The molecule has 0 aliphatic heterocycles. The molecule has 0 amide bonds. The Morgan fingerprint density at radius 2 is 1.67 bits per heavy atom. The van der Waals surface area contributed by atoms with Crippen LogP contribution in [0.4, 0.5) is 8.78 Å². The molecule has 0 aromatic heterocycles. The number of benzene rings is 3. The normalized spacial score (nSPS) is 13.4. The second kappa shape index (κ2) is 11.6. The molecule has 0 saturated heterocycles. The van der Waals surface area contributed by atoms with Crippen molar-refractivity contribution in [2.24, 2.45) is 0 Å². The highest BCUT2D eigenvalue weighted by atomic mass is 35.5. The Bertz CT molecular complexity index is 1070. The summed E-state index contributed by atoms with van der Waals surface area (Å²) in [5.74, 6) is 1.60. The third-order valence-corrected chi connectivity index (χ3v) is 6.02. The molecule has 3 rings (SSSR count). The third-order valence-electron chi connectivity index (χ3n) is 5.48. The van der Waals surface area contributed by atoms with Gasteiger partial charge in [0.2, 0.25) is 0 Å². The van der Waals surface area contributed by atoms with Crippen molar-refractivity contribution >= 4 is 17.9 Å². The molecule has 1 atom stereocenters. The Balaban J connectivity index is 1.71. The van der Waals surface area contributed by atoms with Gasteiger partial charge in [0.15, 0.2) is 0 Å². The Labute approximate surface area is 197 Å². The Morgan fingerprint density at radius 1 is 0.970 bits per heavy atom. The summed E-state index contributed by atoms with van der Waals surface area (Å²) in [7, 11) is 0. The fourth-order valence-corrected chi connectivity index (χ4v) is 3.94. The fraction of sp³-hybridized carbons (Fsp3) is 0.222. The largest absolute Gasteiger partial charge is 0.457 e. The summed E-state index contributed by atoms with van der Waals surface area (Å²) in [6, 6.07) is 23.8. The standard InChI is InChI=1S/C27H25ClF2O3/c1-27(25(28)16-18-31,21-12-14-23(15-13-21)33-26(29)30)17-6-8-20-7-5-11-24(19-20)32-22-9-3-2-4-10-22/h2-5,7,9-16,18-19,26H,6,8,17H2,1H3. The van der Waals surface area contributed by atoms with Crippen LogP contribution in [-0.4, -0.2) is 12.9 Å². The maximum absolute atomic E-state index is 12.5. The lowest BCUT2D eigenvalue weighted by Gasteiger charge is -2.30. The number of carbonyl (C=O) groups is 1. The van der Waals surface area contributed by atoms with E-state index in [9.17, 15) is 13.6 Å². The first-order valence-corrected chi connectivity index (χ1v) is 11.0. The first kappa shape index (κ1) is 24.5. The Hall–Kier alpha value is -3.18. The first-order valence-electron chi connectivity index (χ1n) is 10.6. The lowest BCUT2D eigenvalue weighted by molar-refractivity contribution is -0.104. The number of aldehydes is 1. The zero-order valence-corrected chi connectivity index (χ0v) is 19.0. The van der Waals surface area contributed by atoms with E-state index in [2.05, 4.69) is 4.74 Å². The molecule has 0 saturated carbocycles. The van der Waals surface area contributed by atoms with Gasteiger partial charge in [0.05, 0.1) is 0 Å². The van der Waals surface area contributed by atoms with Crippen molar-refractivity contribution in [3.05, 3.63) is 101 Å². The molecule has 0 radical (unpaired) electrons. The topological polar surface area (TPSA) is 35.5 Å². The van der Waals surface area contributed by atoms with Crippen LogP contribution in [0.3, 0.4) is 0 Å². The average molecular weight is 471 g/mol. The van der Waals surface area contributed by atoms with E-state index in [-0.39, 0.29) is 5.75 Å². The van der Waals surface area contributed by atoms with Crippen LogP contribution in [0.1, 0.15) is 30.9 Å². The molecule has 0 N–H and O–H groups in total.